The van der Waals surface area contributed by atoms with Crippen LogP contribution in [-0.2, 0) is 33.3 Å². The van der Waals surface area contributed by atoms with E-state index >= 15 is 0 Å². The van der Waals surface area contributed by atoms with Crippen LogP contribution in [0.3, 0.4) is 0 Å². The molecule has 0 radical (unpaired) electrons. The summed E-state index contributed by atoms with van der Waals surface area (Å²) in [6.45, 7) is 14.5. The second-order valence-electron chi connectivity index (χ2n) is 10.7. The van der Waals surface area contributed by atoms with E-state index in [2.05, 4.69) is 26.5 Å². The molecule has 0 amide bonds. The van der Waals surface area contributed by atoms with Crippen LogP contribution in [0.15, 0.2) is 36.0 Å². The van der Waals surface area contributed by atoms with E-state index in [0.29, 0.717) is 37.7 Å². The average Bonchev–Trinajstić information content (AvgIpc) is 3.06. The minimum absolute atomic E-state index is 0.0832. The number of hydrogen-bond acceptors (Lipinski definition) is 8. The zero-order valence-electron chi connectivity index (χ0n) is 22.2. The highest BCUT2D eigenvalue weighted by Gasteiger charge is 2.69. The van der Waals surface area contributed by atoms with Gasteiger partial charge in [0, 0.05) is 32.3 Å². The molecule has 200 valence electrons. The summed E-state index contributed by atoms with van der Waals surface area (Å²) in [5, 5.41) is 10.9. The van der Waals surface area contributed by atoms with Gasteiger partial charge in [0.15, 0.2) is 0 Å². The van der Waals surface area contributed by atoms with Gasteiger partial charge in [-0.15, -0.1) is 0 Å². The SMILES string of the molecule is C=C/C(C)=C\C[C@]1(C)[C@H](C)[C@@H](OC(=O)CCC)C[C@@]23C(=C[C@H](O)C[C@@H]12)[C@@H](OC(C)=O)O[C@H]3OC(C)=O. The van der Waals surface area contributed by atoms with Gasteiger partial charge in [-0.1, -0.05) is 45.1 Å². The molecule has 0 aromatic heterocycles. The third kappa shape index (κ3) is 5.16. The highest BCUT2D eigenvalue weighted by molar-refractivity contribution is 5.69. The van der Waals surface area contributed by atoms with Gasteiger partial charge in [-0.2, -0.15) is 0 Å². The summed E-state index contributed by atoms with van der Waals surface area (Å²) in [4.78, 5) is 36.8. The molecule has 0 unspecified atom stereocenters. The normalized spacial score (nSPS) is 37.8. The molecule has 1 saturated heterocycles. The van der Waals surface area contributed by atoms with Crippen LogP contribution in [0, 0.1) is 22.7 Å². The first-order valence-corrected chi connectivity index (χ1v) is 12.8. The summed E-state index contributed by atoms with van der Waals surface area (Å²) in [7, 11) is 0. The molecule has 2 aliphatic carbocycles. The Kier molecular flexibility index (Phi) is 8.51. The summed E-state index contributed by atoms with van der Waals surface area (Å²) in [5.74, 6) is -1.69. The summed E-state index contributed by atoms with van der Waals surface area (Å²) in [6.07, 6.45) is 4.35. The van der Waals surface area contributed by atoms with Crippen molar-refractivity contribution in [2.45, 2.75) is 98.4 Å². The highest BCUT2D eigenvalue weighted by atomic mass is 16.8. The van der Waals surface area contributed by atoms with Crippen molar-refractivity contribution < 1.29 is 38.4 Å². The van der Waals surface area contributed by atoms with Crippen molar-refractivity contribution in [1.29, 1.82) is 0 Å². The molecule has 8 atom stereocenters. The smallest absolute Gasteiger partial charge is 0.306 e. The van der Waals surface area contributed by atoms with Crippen LogP contribution in [0.4, 0.5) is 0 Å². The number of esters is 3. The fraction of sp³-hybridized carbons (Fsp3) is 0.679. The number of ether oxygens (including phenoxy) is 4. The number of allylic oxidation sites excluding steroid dienone is 3. The topological polar surface area (TPSA) is 108 Å². The third-order valence-electron chi connectivity index (χ3n) is 8.33. The number of hydrogen-bond donors (Lipinski definition) is 1. The molecule has 1 saturated carbocycles. The summed E-state index contributed by atoms with van der Waals surface area (Å²) in [5.41, 5.74) is 0.130. The summed E-state index contributed by atoms with van der Waals surface area (Å²) < 4.78 is 23.3. The number of aliphatic hydroxyl groups excluding tert-OH is 1. The Labute approximate surface area is 213 Å². The maximum atomic E-state index is 12.7. The van der Waals surface area contributed by atoms with E-state index in [9.17, 15) is 19.5 Å². The van der Waals surface area contributed by atoms with Gasteiger partial charge in [0.05, 0.1) is 11.5 Å². The maximum absolute atomic E-state index is 12.7. The molecule has 3 aliphatic rings. The second kappa shape index (κ2) is 10.9. The van der Waals surface area contributed by atoms with Gasteiger partial charge in [-0.25, -0.2) is 0 Å². The minimum atomic E-state index is -1.11. The van der Waals surface area contributed by atoms with E-state index in [1.807, 2.05) is 13.8 Å². The predicted octanol–water partition coefficient (Wildman–Crippen LogP) is 4.37. The summed E-state index contributed by atoms with van der Waals surface area (Å²) in [6, 6.07) is 0. The molecule has 3 rings (SSSR count). The average molecular weight is 505 g/mol. The van der Waals surface area contributed by atoms with Crippen LogP contribution in [0.2, 0.25) is 0 Å². The zero-order valence-corrected chi connectivity index (χ0v) is 22.2. The van der Waals surface area contributed by atoms with Crippen molar-refractivity contribution in [1.82, 2.24) is 0 Å². The molecular formula is C28H40O8. The van der Waals surface area contributed by atoms with Crippen molar-refractivity contribution in [2.75, 3.05) is 0 Å². The van der Waals surface area contributed by atoms with Crippen molar-refractivity contribution >= 4 is 17.9 Å². The number of aliphatic hydroxyl groups is 1. The Bertz CT molecular complexity index is 951. The van der Waals surface area contributed by atoms with E-state index in [1.54, 1.807) is 12.2 Å². The van der Waals surface area contributed by atoms with Gasteiger partial charge < -0.3 is 19.3 Å². The second-order valence-corrected chi connectivity index (χ2v) is 10.7. The number of carbonyl (C=O) groups is 3. The zero-order chi connectivity index (χ0) is 26.8. The first-order valence-electron chi connectivity index (χ1n) is 12.8. The Morgan fingerprint density at radius 3 is 2.44 bits per heavy atom. The van der Waals surface area contributed by atoms with Crippen LogP contribution in [-0.4, -0.2) is 47.8 Å². The molecule has 0 bridgehead atoms. The first-order chi connectivity index (χ1) is 16.9. The lowest BCUT2D eigenvalue weighted by Gasteiger charge is -2.60. The lowest BCUT2D eigenvalue weighted by molar-refractivity contribution is -0.246. The fourth-order valence-corrected chi connectivity index (χ4v) is 6.35. The standard InChI is InChI=1S/C28H40O8/c1-8-10-24(32)35-22-15-28-21(25(33-18(5)29)36-26(28)34-19(6)30)13-20(31)14-23(28)27(7,17(22)4)12-11-16(3)9-2/h9,11,13,17,20,22-23,25-26,31H,2,8,10,12,14-15H2,1,3-7H3/b16-11-/t17-,20+,22+,23+,25+,26-,27-,28-/m1/s1. The molecule has 8 heteroatoms. The predicted molar refractivity (Wildman–Crippen MR) is 132 cm³/mol. The van der Waals surface area contributed by atoms with E-state index < -0.39 is 47.6 Å². The number of carbonyl (C=O) groups excluding carboxylic acids is 3. The lowest BCUT2D eigenvalue weighted by atomic mass is 9.45. The Balaban J connectivity index is 2.20. The first kappa shape index (κ1) is 28.1. The van der Waals surface area contributed by atoms with Crippen molar-refractivity contribution in [3.8, 4) is 0 Å². The maximum Gasteiger partial charge on any atom is 0.306 e. The van der Waals surface area contributed by atoms with Gasteiger partial charge in [0.2, 0.25) is 12.6 Å². The highest BCUT2D eigenvalue weighted by Crippen LogP contribution is 2.67. The molecule has 2 fully saturated rings. The van der Waals surface area contributed by atoms with Crippen LogP contribution in [0.1, 0.15) is 73.6 Å². The van der Waals surface area contributed by atoms with Gasteiger partial charge in [0.25, 0.3) is 0 Å². The minimum Gasteiger partial charge on any atom is -0.462 e. The van der Waals surface area contributed by atoms with E-state index in [0.717, 1.165) is 5.57 Å². The Morgan fingerprint density at radius 1 is 1.19 bits per heavy atom. The summed E-state index contributed by atoms with van der Waals surface area (Å²) >= 11 is 0. The van der Waals surface area contributed by atoms with Crippen molar-refractivity contribution in [3.63, 3.8) is 0 Å². The third-order valence-corrected chi connectivity index (χ3v) is 8.33. The lowest BCUT2D eigenvalue weighted by Crippen LogP contribution is -2.61. The molecule has 36 heavy (non-hydrogen) atoms. The quantitative estimate of drug-likeness (QED) is 0.225. The number of rotatable bonds is 8. The molecule has 0 aromatic carbocycles. The van der Waals surface area contributed by atoms with E-state index in [-0.39, 0.29) is 17.8 Å². The van der Waals surface area contributed by atoms with Crippen molar-refractivity contribution in [3.05, 3.63) is 36.0 Å². The van der Waals surface area contributed by atoms with Crippen LogP contribution < -0.4 is 0 Å². The Morgan fingerprint density at radius 2 is 1.86 bits per heavy atom. The van der Waals surface area contributed by atoms with Gasteiger partial charge in [-0.05, 0) is 49.5 Å². The van der Waals surface area contributed by atoms with Crippen molar-refractivity contribution in [2.24, 2.45) is 22.7 Å². The molecular weight excluding hydrogens is 464 g/mol. The molecule has 1 spiro atoms. The van der Waals surface area contributed by atoms with Crippen LogP contribution in [0.5, 0.6) is 0 Å². The molecule has 1 aliphatic heterocycles. The van der Waals surface area contributed by atoms with Gasteiger partial charge in [0.1, 0.15) is 6.10 Å². The monoisotopic (exact) mass is 504 g/mol. The fourth-order valence-electron chi connectivity index (χ4n) is 6.35. The van der Waals surface area contributed by atoms with E-state index in [4.69, 9.17) is 18.9 Å². The Hall–Kier alpha value is -2.45. The molecule has 0 aromatic rings. The van der Waals surface area contributed by atoms with Crippen LogP contribution >= 0.6 is 0 Å². The van der Waals surface area contributed by atoms with Gasteiger partial charge >= 0.3 is 17.9 Å². The molecule has 8 nitrogen and oxygen atoms in total. The van der Waals surface area contributed by atoms with Gasteiger partial charge in [-0.3, -0.25) is 19.1 Å². The molecule has 1 N–H and O–H groups in total. The van der Waals surface area contributed by atoms with Crippen LogP contribution in [0.25, 0.3) is 0 Å². The molecule has 1 heterocycles. The largest absolute Gasteiger partial charge is 0.462 e. The van der Waals surface area contributed by atoms with E-state index in [1.165, 1.54) is 13.8 Å².